The van der Waals surface area contributed by atoms with E-state index in [9.17, 15) is 52.8 Å². The van der Waals surface area contributed by atoms with Gasteiger partial charge in [-0.2, -0.15) is 0 Å². The molecule has 0 radical (unpaired) electrons. The highest BCUT2D eigenvalue weighted by molar-refractivity contribution is 7.54. The maximum absolute atomic E-state index is 15.1. The third kappa shape index (κ3) is 27.4. The van der Waals surface area contributed by atoms with E-state index < -0.39 is 163 Å². The molecule has 0 aliphatic carbocycles. The fraction of sp³-hybridized carbons (Fsp3) is 0.812. The summed E-state index contributed by atoms with van der Waals surface area (Å²) in [5.41, 5.74) is 0. The van der Waals surface area contributed by atoms with Gasteiger partial charge >= 0.3 is 7.67 Å². The lowest BCUT2D eigenvalue weighted by Crippen LogP contribution is -2.63. The van der Waals surface area contributed by atoms with Crippen molar-refractivity contribution >= 4 is 95.9 Å². The first-order chi connectivity index (χ1) is 45.9. The number of aliphatic hydroxyl groups is 1. The van der Waals surface area contributed by atoms with Crippen molar-refractivity contribution in [1.82, 2.24) is 65.3 Å². The Morgan fingerprint density at radius 2 is 0.990 bits per heavy atom. The molecule has 1 unspecified atom stereocenters. The Bertz CT molecular complexity index is 2730. The summed E-state index contributed by atoms with van der Waals surface area (Å²) in [6, 6.07) is -12.3. The number of carbonyl (C=O) groups is 11. The molecule has 0 aromatic heterocycles. The third-order valence-corrected chi connectivity index (χ3v) is 20.7. The number of amides is 11. The van der Waals surface area contributed by atoms with Crippen LogP contribution in [0.4, 0.5) is 0 Å². The average molecular weight is 1460 g/mol. The van der Waals surface area contributed by atoms with Gasteiger partial charge in [0.1, 0.15) is 60.4 Å². The van der Waals surface area contributed by atoms with Crippen molar-refractivity contribution in [1.29, 1.82) is 0 Å². The van der Waals surface area contributed by atoms with Crippen LogP contribution in [0.2, 0.25) is 0 Å². The van der Waals surface area contributed by atoms with Crippen LogP contribution in [0.15, 0.2) is 12.2 Å². The zero-order valence-corrected chi connectivity index (χ0v) is 66.4. The Kier molecular flexibility index (Phi) is 40.2. The number of hydrogen-bond donors (Lipinski definition) is 6. The van der Waals surface area contributed by atoms with Crippen molar-refractivity contribution in [3.05, 3.63) is 12.2 Å². The normalized spacial score (nSPS) is 27.1. The highest BCUT2D eigenvalue weighted by Gasteiger charge is 2.46. The maximum Gasteiger partial charge on any atom is 0.343 e. The SMILES string of the molecule is C/C=C/C[C@@H](C)[C@@H](O)[C@@H]1C(=O)N[C@@H](CC)C(=O)N(C)CC(=O)N(C)[C@H](CC(C)C)C(=O)N[C@@H](C(C)C)C(=O)N(C)[C@H](CC(C)C)C(=O)N[C@H](C)C(=O)N[C@H](C)C(=O)N(C)[C@H](CC(C)C)C(=O)N(C)[C@H](CC(C)C)C(=O)N(C)[C@H](C(C)C)C(=O)N1C.O=P1(N(CCCl)CCCl)NCCCO1. The van der Waals surface area contributed by atoms with Gasteiger partial charge in [-0.1, -0.05) is 109 Å². The van der Waals surface area contributed by atoms with E-state index in [1.165, 1.54) is 87.7 Å². The molecule has 0 aromatic carbocycles. The van der Waals surface area contributed by atoms with Crippen LogP contribution >= 0.6 is 30.9 Å². The number of aliphatic hydroxyl groups excluding tert-OH is 1. The van der Waals surface area contributed by atoms with Crippen LogP contribution in [0.1, 0.15) is 163 Å². The number of allylic oxidation sites excluding steroid dienone is 2. The number of nitrogens with one attached hydrogen (secondary N) is 5. The number of alkyl halides is 2. The lowest BCUT2D eigenvalue weighted by molar-refractivity contribution is -0.157. The highest BCUT2D eigenvalue weighted by Crippen LogP contribution is 2.48. The van der Waals surface area contributed by atoms with Gasteiger partial charge in [0.25, 0.3) is 0 Å². The molecule has 30 heteroatoms. The van der Waals surface area contributed by atoms with Crippen molar-refractivity contribution < 1.29 is 66.9 Å². The first kappa shape index (κ1) is 91.6. The van der Waals surface area contributed by atoms with E-state index in [0.717, 1.165) is 22.8 Å². The summed E-state index contributed by atoms with van der Waals surface area (Å²) >= 11 is 11.2. The van der Waals surface area contributed by atoms with Crippen LogP contribution in [-0.2, 0) is 61.8 Å². The highest BCUT2D eigenvalue weighted by atomic mass is 35.5. The van der Waals surface area contributed by atoms with Gasteiger partial charge in [0.05, 0.1) is 19.3 Å². The van der Waals surface area contributed by atoms with Gasteiger partial charge in [-0.15, -0.1) is 23.2 Å². The standard InChI is InChI=1S/C62H111N11O12.C7H15Cl2N2O2P/c1-25-27-28-40(15)52(75)51-56(79)65-43(26-2)58(81)67(18)33-48(74)68(19)44(29-34(3)4)55(78)66-49(38(11)12)61(84)69(20)45(30-35(5)6)54(77)63-41(16)53(76)64-42(17)57(80)70(21)46(31-36(7)8)59(82)71(22)47(32-37(9)10)60(83)72(23)50(39(13)14)62(85)73(51)24;8-2-5-11(6-3-9)14(12)10-4-1-7-13-14/h25,27,34-47,49-52,75H,26,28-33H2,1-24H3,(H,63,77)(H,64,76)(H,65,79)(H,66,78);1-7H2,(H,10,12)/b27-25+;/t40-,41-,42-,43+,44-,45-,46-,47-,49+,50-,51-,52-;/m1./s1. The molecule has 11 amide bonds. The van der Waals surface area contributed by atoms with Crippen molar-refractivity contribution in [2.75, 3.05) is 93.9 Å². The molecule has 0 spiro atoms. The molecule has 2 saturated heterocycles. The van der Waals surface area contributed by atoms with Crippen molar-refractivity contribution in [2.24, 2.45) is 41.4 Å². The number of likely N-dealkylation sites (N-methyl/N-ethyl adjacent to an activating group) is 7. The Labute approximate surface area is 601 Å². The fourth-order valence-corrected chi connectivity index (χ4v) is 14.6. The fourth-order valence-electron chi connectivity index (χ4n) is 12.0. The molecule has 2 aliphatic heterocycles. The summed E-state index contributed by atoms with van der Waals surface area (Å²) in [6.07, 6.45) is 3.93. The molecular formula is C69H126Cl2N13O14P. The Balaban J connectivity index is 0.00000309. The molecule has 0 bridgehead atoms. The van der Waals surface area contributed by atoms with Gasteiger partial charge in [0.15, 0.2) is 0 Å². The second kappa shape index (κ2) is 43.5. The molecular weight excluding hydrogens is 1340 g/mol. The predicted octanol–water partition coefficient (Wildman–Crippen LogP) is 5.15. The zero-order chi connectivity index (χ0) is 76.4. The van der Waals surface area contributed by atoms with Gasteiger partial charge in [-0.3, -0.25) is 57.3 Å². The van der Waals surface area contributed by atoms with Crippen LogP contribution in [0, 0.1) is 41.4 Å². The van der Waals surface area contributed by atoms with Crippen molar-refractivity contribution in [3.8, 4) is 0 Å². The van der Waals surface area contributed by atoms with Gasteiger partial charge in [0.2, 0.25) is 65.0 Å². The molecule has 2 rings (SSSR count). The summed E-state index contributed by atoms with van der Waals surface area (Å²) in [6.45, 7) is 31.6. The Hall–Kier alpha value is -5.44. The summed E-state index contributed by atoms with van der Waals surface area (Å²) in [5.74, 6) is -8.86. The minimum Gasteiger partial charge on any atom is -0.390 e. The maximum atomic E-state index is 15.1. The largest absolute Gasteiger partial charge is 0.390 e. The van der Waals surface area contributed by atoms with E-state index in [2.05, 4.69) is 26.4 Å². The predicted molar refractivity (Wildman–Crippen MR) is 388 cm³/mol. The monoisotopic (exact) mass is 1460 g/mol. The number of rotatable bonds is 20. The third-order valence-electron chi connectivity index (χ3n) is 18.0. The van der Waals surface area contributed by atoms with E-state index in [1.807, 2.05) is 61.5 Å². The number of halogens is 2. The summed E-state index contributed by atoms with van der Waals surface area (Å²) in [7, 11) is 7.07. The molecule has 2 aliphatic rings. The Morgan fingerprint density at radius 3 is 1.43 bits per heavy atom. The topological polar surface area (TPSA) is 320 Å². The van der Waals surface area contributed by atoms with Crippen LogP contribution in [-0.4, -0.2) is 269 Å². The van der Waals surface area contributed by atoms with E-state index in [0.29, 0.717) is 37.9 Å². The van der Waals surface area contributed by atoms with Gasteiger partial charge < -0.3 is 65.2 Å². The van der Waals surface area contributed by atoms with Crippen LogP contribution in [0.25, 0.3) is 0 Å². The molecule has 6 N–H and O–H groups in total. The summed E-state index contributed by atoms with van der Waals surface area (Å²) in [4.78, 5) is 169. The van der Waals surface area contributed by atoms with E-state index in [1.54, 1.807) is 59.2 Å². The molecule has 99 heavy (non-hydrogen) atoms. The molecule has 27 nitrogen and oxygen atoms in total. The van der Waals surface area contributed by atoms with Gasteiger partial charge in [-0.25, -0.2) is 9.76 Å². The quantitative estimate of drug-likeness (QED) is 0.0521. The average Bonchev–Trinajstić information content (AvgIpc) is 0.807. The number of nitrogens with zero attached hydrogens (tertiary/aromatic N) is 8. The molecule has 0 saturated carbocycles. The van der Waals surface area contributed by atoms with Crippen LogP contribution < -0.4 is 26.4 Å². The zero-order valence-electron chi connectivity index (χ0n) is 64.0. The minimum absolute atomic E-state index is 0.0229. The van der Waals surface area contributed by atoms with Crippen molar-refractivity contribution in [3.63, 3.8) is 0 Å². The molecule has 13 atom stereocenters. The smallest absolute Gasteiger partial charge is 0.343 e. The first-order valence-electron chi connectivity index (χ1n) is 35.2. The second-order valence-electron chi connectivity index (χ2n) is 29.0. The number of hydrogen-bond acceptors (Lipinski definition) is 14. The summed E-state index contributed by atoms with van der Waals surface area (Å²) in [5, 5.41) is 26.0. The van der Waals surface area contributed by atoms with Crippen LogP contribution in [0.5, 0.6) is 0 Å². The molecule has 0 aromatic rings. The lowest BCUT2D eigenvalue weighted by atomic mass is 9.91. The van der Waals surface area contributed by atoms with Gasteiger partial charge in [0, 0.05) is 80.7 Å². The second-order valence-corrected chi connectivity index (χ2v) is 32.0. The van der Waals surface area contributed by atoms with Crippen molar-refractivity contribution in [2.45, 2.75) is 229 Å². The van der Waals surface area contributed by atoms with Crippen LogP contribution in [0.3, 0.4) is 0 Å². The lowest BCUT2D eigenvalue weighted by Gasteiger charge is -2.41. The minimum atomic E-state index is -2.84. The van der Waals surface area contributed by atoms with E-state index in [-0.39, 0.29) is 55.8 Å². The molecule has 2 heterocycles. The first-order valence-corrected chi connectivity index (χ1v) is 37.8. The molecule has 2 fully saturated rings. The van der Waals surface area contributed by atoms with E-state index >= 15 is 9.59 Å². The van der Waals surface area contributed by atoms with E-state index in [4.69, 9.17) is 27.7 Å². The molecule has 570 valence electrons. The Morgan fingerprint density at radius 1 is 0.545 bits per heavy atom. The number of carbonyl (C=O) groups excluding carboxylic acids is 11. The van der Waals surface area contributed by atoms with Gasteiger partial charge in [-0.05, 0) is 107 Å². The summed E-state index contributed by atoms with van der Waals surface area (Å²) < 4.78 is 19.2.